The maximum Gasteiger partial charge on any atom is 0.287 e. The van der Waals surface area contributed by atoms with Crippen molar-refractivity contribution >= 4 is 16.9 Å². The van der Waals surface area contributed by atoms with Gasteiger partial charge in [0.2, 0.25) is 0 Å². The number of benzene rings is 1. The van der Waals surface area contributed by atoms with Crippen molar-refractivity contribution in [3.63, 3.8) is 0 Å². The fraction of sp³-hybridized carbons (Fsp3) is 0.353. The summed E-state index contributed by atoms with van der Waals surface area (Å²) in [5.41, 5.74) is 0.732. The van der Waals surface area contributed by atoms with Crippen LogP contribution in [0.15, 0.2) is 34.7 Å². The number of nitrogens with zero attached hydrogens (tertiary/aromatic N) is 3. The van der Waals surface area contributed by atoms with Crippen molar-refractivity contribution in [3.8, 4) is 0 Å². The number of nitrogens with one attached hydrogen (secondary N) is 1. The molecule has 118 valence electrons. The van der Waals surface area contributed by atoms with Crippen LogP contribution in [0, 0.1) is 0 Å². The monoisotopic (exact) mass is 310 g/mol. The minimum atomic E-state index is -0.166. The number of rotatable bonds is 3. The van der Waals surface area contributed by atoms with Crippen LogP contribution in [0.3, 0.4) is 0 Å². The second kappa shape index (κ2) is 5.53. The summed E-state index contributed by atoms with van der Waals surface area (Å²) in [4.78, 5) is 12.4. The zero-order valence-corrected chi connectivity index (χ0v) is 13.0. The summed E-state index contributed by atoms with van der Waals surface area (Å²) in [5.74, 6) is 2.18. The highest BCUT2D eigenvalue weighted by Crippen LogP contribution is 2.20. The fourth-order valence-electron chi connectivity index (χ4n) is 3.11. The van der Waals surface area contributed by atoms with Crippen LogP contribution in [-0.2, 0) is 19.4 Å². The molecular weight excluding hydrogens is 292 g/mol. The Kier molecular flexibility index (Phi) is 3.37. The lowest BCUT2D eigenvalue weighted by Gasteiger charge is -2.24. The molecular formula is C17H18N4O2. The molecule has 6 nitrogen and oxygen atoms in total. The summed E-state index contributed by atoms with van der Waals surface area (Å²) in [7, 11) is 0. The van der Waals surface area contributed by atoms with Crippen molar-refractivity contribution in [1.29, 1.82) is 0 Å². The van der Waals surface area contributed by atoms with Crippen LogP contribution in [0.1, 0.15) is 35.5 Å². The molecule has 0 unspecified atom stereocenters. The molecule has 1 atom stereocenters. The van der Waals surface area contributed by atoms with E-state index in [2.05, 4.69) is 27.0 Å². The average Bonchev–Trinajstić information content (AvgIpc) is 3.18. The van der Waals surface area contributed by atoms with Crippen LogP contribution in [-0.4, -0.2) is 26.7 Å². The van der Waals surface area contributed by atoms with E-state index in [1.54, 1.807) is 6.07 Å². The molecule has 0 saturated carbocycles. The van der Waals surface area contributed by atoms with Gasteiger partial charge in [-0.3, -0.25) is 4.79 Å². The van der Waals surface area contributed by atoms with Crippen molar-refractivity contribution < 1.29 is 9.21 Å². The van der Waals surface area contributed by atoms with E-state index >= 15 is 0 Å². The van der Waals surface area contributed by atoms with Gasteiger partial charge in [0.05, 0.1) is 0 Å². The van der Waals surface area contributed by atoms with E-state index < -0.39 is 0 Å². The van der Waals surface area contributed by atoms with Crippen LogP contribution < -0.4 is 5.32 Å². The van der Waals surface area contributed by atoms with Gasteiger partial charge >= 0.3 is 0 Å². The smallest absolute Gasteiger partial charge is 0.287 e. The van der Waals surface area contributed by atoms with E-state index in [9.17, 15) is 4.79 Å². The summed E-state index contributed by atoms with van der Waals surface area (Å²) in [6.45, 7) is 2.78. The van der Waals surface area contributed by atoms with Gasteiger partial charge in [-0.1, -0.05) is 25.1 Å². The fourth-order valence-corrected chi connectivity index (χ4v) is 3.11. The molecule has 0 saturated heterocycles. The second-order valence-electron chi connectivity index (χ2n) is 5.85. The molecule has 0 spiro atoms. The third kappa shape index (κ3) is 2.50. The van der Waals surface area contributed by atoms with Gasteiger partial charge < -0.3 is 14.3 Å². The largest absolute Gasteiger partial charge is 0.451 e. The lowest BCUT2D eigenvalue weighted by atomic mass is 10.1. The maximum atomic E-state index is 12.4. The summed E-state index contributed by atoms with van der Waals surface area (Å²) >= 11 is 0. The molecule has 4 rings (SSSR count). The highest BCUT2D eigenvalue weighted by molar-refractivity contribution is 5.96. The van der Waals surface area contributed by atoms with Crippen molar-refractivity contribution in [2.75, 3.05) is 0 Å². The average molecular weight is 310 g/mol. The number of hydrogen-bond acceptors (Lipinski definition) is 4. The molecule has 2 aromatic heterocycles. The van der Waals surface area contributed by atoms with E-state index in [1.165, 1.54) is 0 Å². The number of carbonyl (C=O) groups is 1. The van der Waals surface area contributed by atoms with Crippen LogP contribution in [0.25, 0.3) is 11.0 Å². The van der Waals surface area contributed by atoms with Crippen LogP contribution in [0.5, 0.6) is 0 Å². The SMILES string of the molecule is CCc1nnc2n1C[C@@H](NC(=O)c1cc3ccccc3o1)CC2. The Hall–Kier alpha value is -2.63. The van der Waals surface area contributed by atoms with Crippen molar-refractivity contribution in [2.24, 2.45) is 0 Å². The van der Waals surface area contributed by atoms with Crippen LogP contribution in [0.2, 0.25) is 0 Å². The third-order valence-corrected chi connectivity index (χ3v) is 4.32. The molecule has 3 heterocycles. The summed E-state index contributed by atoms with van der Waals surface area (Å²) in [6, 6.07) is 9.49. The first-order valence-corrected chi connectivity index (χ1v) is 7.95. The Morgan fingerprint density at radius 1 is 1.39 bits per heavy atom. The number of aromatic nitrogens is 3. The Morgan fingerprint density at radius 3 is 3.09 bits per heavy atom. The molecule has 23 heavy (non-hydrogen) atoms. The molecule has 1 N–H and O–H groups in total. The van der Waals surface area contributed by atoms with Crippen molar-refractivity contribution in [2.45, 2.75) is 38.8 Å². The minimum Gasteiger partial charge on any atom is -0.451 e. The summed E-state index contributed by atoms with van der Waals surface area (Å²) < 4.78 is 7.75. The molecule has 3 aromatic rings. The maximum absolute atomic E-state index is 12.4. The van der Waals surface area contributed by atoms with E-state index in [4.69, 9.17) is 4.42 Å². The van der Waals surface area contributed by atoms with Gasteiger partial charge in [-0.2, -0.15) is 0 Å². The quantitative estimate of drug-likeness (QED) is 0.806. The molecule has 0 aliphatic carbocycles. The lowest BCUT2D eigenvalue weighted by molar-refractivity contribution is 0.0901. The molecule has 0 fully saturated rings. The number of fused-ring (bicyclic) bond motifs is 2. The zero-order valence-electron chi connectivity index (χ0n) is 13.0. The van der Waals surface area contributed by atoms with Gasteiger partial charge in [0.15, 0.2) is 5.76 Å². The van der Waals surface area contributed by atoms with Gasteiger partial charge in [0.1, 0.15) is 17.2 Å². The predicted molar refractivity (Wildman–Crippen MR) is 85.2 cm³/mol. The minimum absolute atomic E-state index is 0.0736. The number of carbonyl (C=O) groups excluding carboxylic acids is 1. The van der Waals surface area contributed by atoms with Crippen LogP contribution >= 0.6 is 0 Å². The molecule has 1 aliphatic rings. The normalized spacial score (nSPS) is 17.2. The highest BCUT2D eigenvalue weighted by atomic mass is 16.3. The van der Waals surface area contributed by atoms with E-state index in [0.29, 0.717) is 5.76 Å². The first-order chi connectivity index (χ1) is 11.2. The van der Waals surface area contributed by atoms with E-state index in [1.807, 2.05) is 24.3 Å². The molecule has 1 amide bonds. The highest BCUT2D eigenvalue weighted by Gasteiger charge is 2.24. The van der Waals surface area contributed by atoms with Gasteiger partial charge in [0.25, 0.3) is 5.91 Å². The summed E-state index contributed by atoms with van der Waals surface area (Å²) in [6.07, 6.45) is 2.54. The molecule has 0 bridgehead atoms. The number of hydrogen-bond donors (Lipinski definition) is 1. The first-order valence-electron chi connectivity index (χ1n) is 7.95. The zero-order chi connectivity index (χ0) is 15.8. The Labute approximate surface area is 133 Å². The molecule has 6 heteroatoms. The Bertz CT molecular complexity index is 818. The third-order valence-electron chi connectivity index (χ3n) is 4.32. The standard InChI is InChI=1S/C17H18N4O2/c1-2-15-19-20-16-8-7-12(10-21(15)16)18-17(22)14-9-11-5-3-4-6-13(11)23-14/h3-6,9,12H,2,7-8,10H2,1H3,(H,18,22)/t12-/m0/s1. The first kappa shape index (κ1) is 14.0. The molecule has 1 aromatic carbocycles. The molecule has 0 radical (unpaired) electrons. The van der Waals surface area contributed by atoms with Crippen molar-refractivity contribution in [1.82, 2.24) is 20.1 Å². The number of amides is 1. The predicted octanol–water partition coefficient (Wildman–Crippen LogP) is 2.33. The number of para-hydroxylation sites is 1. The van der Waals surface area contributed by atoms with E-state index in [-0.39, 0.29) is 11.9 Å². The van der Waals surface area contributed by atoms with Gasteiger partial charge in [-0.05, 0) is 18.6 Å². The number of aryl methyl sites for hydroxylation is 2. The number of furan rings is 1. The molecule has 1 aliphatic heterocycles. The van der Waals surface area contributed by atoms with Crippen LogP contribution in [0.4, 0.5) is 0 Å². The summed E-state index contributed by atoms with van der Waals surface area (Å²) in [5, 5.41) is 12.4. The Balaban J connectivity index is 1.51. The van der Waals surface area contributed by atoms with Crippen molar-refractivity contribution in [3.05, 3.63) is 47.7 Å². The Morgan fingerprint density at radius 2 is 2.26 bits per heavy atom. The van der Waals surface area contributed by atoms with Gasteiger partial charge in [-0.15, -0.1) is 10.2 Å². The lowest BCUT2D eigenvalue weighted by Crippen LogP contribution is -2.41. The topological polar surface area (TPSA) is 73.0 Å². The van der Waals surface area contributed by atoms with E-state index in [0.717, 1.165) is 48.4 Å². The van der Waals surface area contributed by atoms with Gasteiger partial charge in [-0.25, -0.2) is 0 Å². The van der Waals surface area contributed by atoms with Gasteiger partial charge in [0, 0.05) is 30.8 Å². The second-order valence-corrected chi connectivity index (χ2v) is 5.85.